The van der Waals surface area contributed by atoms with Gasteiger partial charge in [-0.1, -0.05) is 23.9 Å². The first-order valence-electron chi connectivity index (χ1n) is 9.22. The fraction of sp³-hybridized carbons (Fsp3) is 0.300. The average molecular weight is 395 g/mol. The molecule has 7 nitrogen and oxygen atoms in total. The molecule has 1 aliphatic rings. The summed E-state index contributed by atoms with van der Waals surface area (Å²) in [5.74, 6) is 2.54. The molecule has 2 heterocycles. The molecule has 4 rings (SSSR count). The van der Waals surface area contributed by atoms with Crippen molar-refractivity contribution < 1.29 is 4.79 Å². The molecule has 0 atom stereocenters. The molecule has 0 radical (unpaired) electrons. The molecule has 0 bridgehead atoms. The molecular formula is C20H22N6OS. The topological polar surface area (TPSA) is 95.6 Å². The number of H-pyrrole nitrogens is 1. The van der Waals surface area contributed by atoms with E-state index in [1.165, 1.54) is 0 Å². The smallest absolute Gasteiger partial charge is 0.227 e. The highest BCUT2D eigenvalue weighted by molar-refractivity contribution is 7.98. The van der Waals surface area contributed by atoms with Crippen LogP contribution in [0.5, 0.6) is 0 Å². The fourth-order valence-corrected chi connectivity index (χ4v) is 3.56. The minimum atomic E-state index is 0.127. The van der Waals surface area contributed by atoms with Crippen molar-refractivity contribution in [1.29, 1.82) is 0 Å². The summed E-state index contributed by atoms with van der Waals surface area (Å²) in [5, 5.41) is 13.9. The predicted octanol–water partition coefficient (Wildman–Crippen LogP) is 4.20. The zero-order chi connectivity index (χ0) is 19.5. The standard InChI is InChI=1S/C20H22N6OS/c1-12-9-17(23-18-10-13(2)25-26-18)24-20(21-12)28-11-14-3-7-16(8-4-14)22-19(27)15-5-6-15/h3-4,7-10,15H,5-6,11H2,1-2H3,(H,22,27)(H2,21,23,24,25,26). The lowest BCUT2D eigenvalue weighted by Gasteiger charge is -2.08. The third-order valence-corrected chi connectivity index (χ3v) is 5.25. The quantitative estimate of drug-likeness (QED) is 0.411. The minimum Gasteiger partial charge on any atom is -0.326 e. The molecule has 0 unspecified atom stereocenters. The van der Waals surface area contributed by atoms with Gasteiger partial charge in [-0.15, -0.1) is 0 Å². The van der Waals surface area contributed by atoms with Gasteiger partial charge in [-0.2, -0.15) is 5.10 Å². The number of benzene rings is 1. The van der Waals surface area contributed by atoms with E-state index in [0.29, 0.717) is 5.16 Å². The Balaban J connectivity index is 1.36. The first-order chi connectivity index (χ1) is 13.5. The van der Waals surface area contributed by atoms with Gasteiger partial charge in [0.15, 0.2) is 11.0 Å². The summed E-state index contributed by atoms with van der Waals surface area (Å²) in [6.45, 7) is 3.90. The number of hydrogen-bond donors (Lipinski definition) is 3. The summed E-state index contributed by atoms with van der Waals surface area (Å²) in [6.07, 6.45) is 2.02. The van der Waals surface area contributed by atoms with Crippen molar-refractivity contribution in [2.24, 2.45) is 5.92 Å². The SMILES string of the molecule is Cc1cc(Nc2cc(C)[nH]n2)nc(SCc2ccc(NC(=O)C3CC3)cc2)n1. The largest absolute Gasteiger partial charge is 0.326 e. The second-order valence-corrected chi connectivity index (χ2v) is 7.93. The Kier molecular flexibility index (Phi) is 5.29. The summed E-state index contributed by atoms with van der Waals surface area (Å²) in [5.41, 5.74) is 3.88. The molecule has 0 aliphatic heterocycles. The predicted molar refractivity (Wildman–Crippen MR) is 111 cm³/mol. The number of aromatic nitrogens is 4. The maximum Gasteiger partial charge on any atom is 0.227 e. The van der Waals surface area contributed by atoms with E-state index in [2.05, 4.69) is 30.8 Å². The van der Waals surface area contributed by atoms with Gasteiger partial charge in [0.2, 0.25) is 5.91 Å². The molecule has 3 N–H and O–H groups in total. The van der Waals surface area contributed by atoms with E-state index in [1.807, 2.05) is 50.2 Å². The fourth-order valence-electron chi connectivity index (χ4n) is 2.71. The third kappa shape index (κ3) is 4.89. The molecule has 144 valence electrons. The highest BCUT2D eigenvalue weighted by Gasteiger charge is 2.29. The number of aromatic amines is 1. The summed E-state index contributed by atoms with van der Waals surface area (Å²) in [6, 6.07) is 11.8. The van der Waals surface area contributed by atoms with Crippen molar-refractivity contribution in [3.05, 3.63) is 53.3 Å². The molecule has 1 saturated carbocycles. The number of carbonyl (C=O) groups is 1. The lowest BCUT2D eigenvalue weighted by molar-refractivity contribution is -0.117. The van der Waals surface area contributed by atoms with Gasteiger partial charge in [-0.05, 0) is 44.4 Å². The molecular weight excluding hydrogens is 372 g/mol. The lowest BCUT2D eigenvalue weighted by Crippen LogP contribution is -2.13. The van der Waals surface area contributed by atoms with E-state index in [1.54, 1.807) is 11.8 Å². The van der Waals surface area contributed by atoms with Crippen molar-refractivity contribution in [2.75, 3.05) is 10.6 Å². The van der Waals surface area contributed by atoms with Gasteiger partial charge in [0, 0.05) is 40.9 Å². The molecule has 1 aromatic carbocycles. The van der Waals surface area contributed by atoms with Gasteiger partial charge in [0.1, 0.15) is 5.82 Å². The highest BCUT2D eigenvalue weighted by atomic mass is 32.2. The first kappa shape index (κ1) is 18.5. The first-order valence-corrected chi connectivity index (χ1v) is 10.2. The van der Waals surface area contributed by atoms with Crippen LogP contribution in [0.3, 0.4) is 0 Å². The van der Waals surface area contributed by atoms with Gasteiger partial charge in [0.25, 0.3) is 0 Å². The number of amides is 1. The number of aryl methyl sites for hydroxylation is 2. The van der Waals surface area contributed by atoms with Gasteiger partial charge in [-0.3, -0.25) is 9.89 Å². The maximum absolute atomic E-state index is 11.8. The summed E-state index contributed by atoms with van der Waals surface area (Å²) in [4.78, 5) is 20.9. The molecule has 8 heteroatoms. The van der Waals surface area contributed by atoms with Crippen LogP contribution >= 0.6 is 11.8 Å². The minimum absolute atomic E-state index is 0.127. The van der Waals surface area contributed by atoms with Crippen LogP contribution < -0.4 is 10.6 Å². The van der Waals surface area contributed by atoms with Gasteiger partial charge in [-0.25, -0.2) is 9.97 Å². The van der Waals surface area contributed by atoms with E-state index in [4.69, 9.17) is 0 Å². The number of carbonyl (C=O) groups excluding carboxylic acids is 1. The molecule has 3 aromatic rings. The molecule has 1 amide bonds. The highest BCUT2D eigenvalue weighted by Crippen LogP contribution is 2.30. The van der Waals surface area contributed by atoms with Crippen LogP contribution in [0.15, 0.2) is 41.6 Å². The molecule has 0 saturated heterocycles. The molecule has 1 fully saturated rings. The van der Waals surface area contributed by atoms with Gasteiger partial charge in [0.05, 0.1) is 0 Å². The van der Waals surface area contributed by atoms with Crippen molar-refractivity contribution >= 4 is 35.0 Å². The number of hydrogen-bond acceptors (Lipinski definition) is 6. The van der Waals surface area contributed by atoms with E-state index < -0.39 is 0 Å². The van der Waals surface area contributed by atoms with Crippen LogP contribution in [0, 0.1) is 19.8 Å². The Morgan fingerprint density at radius 3 is 2.61 bits per heavy atom. The summed E-state index contributed by atoms with van der Waals surface area (Å²) >= 11 is 1.57. The number of anilines is 3. The summed E-state index contributed by atoms with van der Waals surface area (Å²) < 4.78 is 0. The Labute approximate surface area is 167 Å². The van der Waals surface area contributed by atoms with Crippen LogP contribution in [-0.2, 0) is 10.5 Å². The zero-order valence-corrected chi connectivity index (χ0v) is 16.6. The monoisotopic (exact) mass is 394 g/mol. The third-order valence-electron chi connectivity index (χ3n) is 4.33. The average Bonchev–Trinajstić information content (AvgIpc) is 3.44. The van der Waals surface area contributed by atoms with E-state index in [0.717, 1.165) is 52.9 Å². The molecule has 0 spiro atoms. The van der Waals surface area contributed by atoms with E-state index in [-0.39, 0.29) is 11.8 Å². The van der Waals surface area contributed by atoms with Crippen LogP contribution in [0.25, 0.3) is 0 Å². The Bertz CT molecular complexity index is 981. The normalized spacial score (nSPS) is 13.4. The summed E-state index contributed by atoms with van der Waals surface area (Å²) in [7, 11) is 0. The second-order valence-electron chi connectivity index (χ2n) is 6.99. The molecule has 1 aliphatic carbocycles. The van der Waals surface area contributed by atoms with Gasteiger partial charge >= 0.3 is 0 Å². The molecule has 2 aromatic heterocycles. The van der Waals surface area contributed by atoms with Crippen molar-refractivity contribution in [3.8, 4) is 0 Å². The lowest BCUT2D eigenvalue weighted by atomic mass is 10.2. The Hall–Kier alpha value is -2.87. The Morgan fingerprint density at radius 2 is 1.93 bits per heavy atom. The Morgan fingerprint density at radius 1 is 1.14 bits per heavy atom. The number of rotatable bonds is 7. The number of nitrogens with one attached hydrogen (secondary N) is 3. The molecule has 28 heavy (non-hydrogen) atoms. The van der Waals surface area contributed by atoms with Crippen molar-refractivity contribution in [3.63, 3.8) is 0 Å². The van der Waals surface area contributed by atoms with Crippen LogP contribution in [-0.4, -0.2) is 26.1 Å². The van der Waals surface area contributed by atoms with E-state index in [9.17, 15) is 4.79 Å². The zero-order valence-electron chi connectivity index (χ0n) is 15.8. The van der Waals surface area contributed by atoms with Gasteiger partial charge < -0.3 is 10.6 Å². The number of thioether (sulfide) groups is 1. The van der Waals surface area contributed by atoms with E-state index >= 15 is 0 Å². The van der Waals surface area contributed by atoms with Crippen LogP contribution in [0.4, 0.5) is 17.3 Å². The van der Waals surface area contributed by atoms with Crippen LogP contribution in [0.2, 0.25) is 0 Å². The number of nitrogens with zero attached hydrogens (tertiary/aromatic N) is 3. The van der Waals surface area contributed by atoms with Crippen molar-refractivity contribution in [2.45, 2.75) is 37.6 Å². The second kappa shape index (κ2) is 8.02. The van der Waals surface area contributed by atoms with Crippen molar-refractivity contribution in [1.82, 2.24) is 20.2 Å². The maximum atomic E-state index is 11.8. The van der Waals surface area contributed by atoms with Crippen LogP contribution in [0.1, 0.15) is 29.8 Å².